The molecule has 0 amide bonds. The summed E-state index contributed by atoms with van der Waals surface area (Å²) in [6.45, 7) is 3.38. The van der Waals surface area contributed by atoms with Crippen molar-refractivity contribution in [3.8, 4) is 0 Å². The van der Waals surface area contributed by atoms with Crippen LogP contribution >= 0.6 is 11.8 Å². The summed E-state index contributed by atoms with van der Waals surface area (Å²) in [6.07, 6.45) is 0.833. The van der Waals surface area contributed by atoms with Crippen LogP contribution in [-0.2, 0) is 4.79 Å². The Kier molecular flexibility index (Phi) is 2.93. The summed E-state index contributed by atoms with van der Waals surface area (Å²) in [7, 11) is 0. The molecule has 64 valence electrons. The van der Waals surface area contributed by atoms with E-state index in [-0.39, 0.29) is 10.5 Å². The van der Waals surface area contributed by atoms with Gasteiger partial charge in [-0.25, -0.2) is 4.39 Å². The highest BCUT2D eigenvalue weighted by Gasteiger charge is 2.31. The highest BCUT2D eigenvalue weighted by atomic mass is 32.2. The van der Waals surface area contributed by atoms with Crippen LogP contribution in [0, 0.1) is 0 Å². The lowest BCUT2D eigenvalue weighted by Gasteiger charge is -2.26. The van der Waals surface area contributed by atoms with Crippen LogP contribution in [0.4, 0.5) is 4.39 Å². The van der Waals surface area contributed by atoms with Crippen molar-refractivity contribution in [3.05, 3.63) is 0 Å². The molecule has 0 aliphatic heterocycles. The summed E-state index contributed by atoms with van der Waals surface area (Å²) in [5.74, 6) is 0.294. The van der Waals surface area contributed by atoms with Crippen molar-refractivity contribution >= 4 is 17.5 Å². The zero-order chi connectivity index (χ0) is 8.43. The first-order valence-electron chi connectivity index (χ1n) is 3.93. The molecule has 0 N–H and O–H groups in total. The van der Waals surface area contributed by atoms with Crippen molar-refractivity contribution in [3.63, 3.8) is 0 Å². The van der Waals surface area contributed by atoms with Gasteiger partial charge in [0.2, 0.25) is 0 Å². The summed E-state index contributed by atoms with van der Waals surface area (Å²) in [4.78, 5) is 10.8. The van der Waals surface area contributed by atoms with E-state index < -0.39 is 6.17 Å². The Morgan fingerprint density at radius 2 is 2.27 bits per heavy atom. The van der Waals surface area contributed by atoms with Crippen LogP contribution in [0.25, 0.3) is 0 Å². The molecule has 2 unspecified atom stereocenters. The topological polar surface area (TPSA) is 17.1 Å². The second kappa shape index (κ2) is 3.57. The van der Waals surface area contributed by atoms with E-state index in [1.807, 2.05) is 6.92 Å². The number of hydrogen-bond acceptors (Lipinski definition) is 2. The SMILES string of the molecule is CC(SC1CCC1=O)[C@@H](C)F. The van der Waals surface area contributed by atoms with Gasteiger partial charge in [-0.3, -0.25) is 4.79 Å². The quantitative estimate of drug-likeness (QED) is 0.655. The predicted molar refractivity (Wildman–Crippen MR) is 45.7 cm³/mol. The van der Waals surface area contributed by atoms with Gasteiger partial charge in [0, 0.05) is 11.7 Å². The zero-order valence-corrected chi connectivity index (χ0v) is 7.66. The Hall–Kier alpha value is -0.0500. The largest absolute Gasteiger partial charge is 0.298 e. The molecule has 0 spiro atoms. The zero-order valence-electron chi connectivity index (χ0n) is 6.84. The van der Waals surface area contributed by atoms with Crippen molar-refractivity contribution in [1.82, 2.24) is 0 Å². The van der Waals surface area contributed by atoms with Crippen molar-refractivity contribution in [2.45, 2.75) is 43.4 Å². The molecule has 3 atom stereocenters. The number of carbonyl (C=O) groups is 1. The predicted octanol–water partition coefficient (Wildman–Crippen LogP) is 2.20. The minimum atomic E-state index is -0.812. The van der Waals surface area contributed by atoms with Crippen molar-refractivity contribution in [1.29, 1.82) is 0 Å². The summed E-state index contributed by atoms with van der Waals surface area (Å²) < 4.78 is 12.6. The highest BCUT2D eigenvalue weighted by molar-refractivity contribution is 8.01. The molecular formula is C8H13FOS. The molecule has 1 aliphatic rings. The number of rotatable bonds is 3. The number of thioether (sulfide) groups is 1. The minimum absolute atomic E-state index is 0.0377. The maximum Gasteiger partial charge on any atom is 0.145 e. The van der Waals surface area contributed by atoms with Gasteiger partial charge in [-0.2, -0.15) is 0 Å². The molecule has 0 heterocycles. The van der Waals surface area contributed by atoms with Gasteiger partial charge in [-0.15, -0.1) is 11.8 Å². The van der Waals surface area contributed by atoms with Crippen LogP contribution in [0.3, 0.4) is 0 Å². The fourth-order valence-corrected chi connectivity index (χ4v) is 2.15. The molecule has 1 rings (SSSR count). The monoisotopic (exact) mass is 176 g/mol. The van der Waals surface area contributed by atoms with Crippen molar-refractivity contribution in [2.75, 3.05) is 0 Å². The van der Waals surface area contributed by atoms with E-state index in [9.17, 15) is 9.18 Å². The number of halogens is 1. The third-order valence-corrected chi connectivity index (χ3v) is 3.67. The fraction of sp³-hybridized carbons (Fsp3) is 0.875. The van der Waals surface area contributed by atoms with E-state index in [1.54, 1.807) is 6.92 Å². The van der Waals surface area contributed by atoms with Crippen molar-refractivity contribution < 1.29 is 9.18 Å². The van der Waals surface area contributed by atoms with Gasteiger partial charge in [0.25, 0.3) is 0 Å². The van der Waals surface area contributed by atoms with Crippen LogP contribution in [0.2, 0.25) is 0 Å². The Bertz CT molecular complexity index is 158. The Labute approximate surface area is 70.7 Å². The number of hydrogen-bond donors (Lipinski definition) is 0. The smallest absolute Gasteiger partial charge is 0.145 e. The lowest BCUT2D eigenvalue weighted by molar-refractivity contribution is -0.122. The highest BCUT2D eigenvalue weighted by Crippen LogP contribution is 2.32. The molecule has 3 heteroatoms. The Morgan fingerprint density at radius 3 is 2.55 bits per heavy atom. The summed E-state index contributed by atoms with van der Waals surface area (Å²) in [5, 5.41) is 0.0625. The van der Waals surface area contributed by atoms with E-state index >= 15 is 0 Å². The van der Waals surface area contributed by atoms with Gasteiger partial charge >= 0.3 is 0 Å². The van der Waals surface area contributed by atoms with Crippen LogP contribution in [0.15, 0.2) is 0 Å². The lowest BCUT2D eigenvalue weighted by atomic mass is 9.98. The molecule has 0 aromatic heterocycles. The van der Waals surface area contributed by atoms with Crippen molar-refractivity contribution in [2.24, 2.45) is 0 Å². The Morgan fingerprint density at radius 1 is 1.64 bits per heavy atom. The first kappa shape index (κ1) is 9.04. The lowest BCUT2D eigenvalue weighted by Crippen LogP contribution is -2.31. The van der Waals surface area contributed by atoms with Crippen LogP contribution < -0.4 is 0 Å². The molecule has 1 nitrogen and oxygen atoms in total. The summed E-state index contributed by atoms with van der Waals surface area (Å²) in [6, 6.07) is 0. The van der Waals surface area contributed by atoms with Crippen LogP contribution in [-0.4, -0.2) is 22.5 Å². The van der Waals surface area contributed by atoms with E-state index in [0.717, 1.165) is 6.42 Å². The standard InChI is InChI=1S/C8H13FOS/c1-5(9)6(2)11-8-4-3-7(8)10/h5-6,8H,3-4H2,1-2H3/t5-,6?,8?/m1/s1. The minimum Gasteiger partial charge on any atom is -0.298 e. The first-order chi connectivity index (χ1) is 5.11. The number of ketones is 1. The fourth-order valence-electron chi connectivity index (χ4n) is 0.891. The Balaban J connectivity index is 2.25. The first-order valence-corrected chi connectivity index (χ1v) is 4.88. The molecule has 11 heavy (non-hydrogen) atoms. The van der Waals surface area contributed by atoms with E-state index in [4.69, 9.17) is 0 Å². The molecule has 0 saturated heterocycles. The van der Waals surface area contributed by atoms with Gasteiger partial charge in [0.15, 0.2) is 0 Å². The number of Topliss-reactive ketones (excluding diaryl/α,β-unsaturated/α-hetero) is 1. The second-order valence-corrected chi connectivity index (χ2v) is 4.60. The number of carbonyl (C=O) groups excluding carboxylic acids is 1. The summed E-state index contributed by atoms with van der Waals surface area (Å²) in [5.41, 5.74) is 0. The second-order valence-electron chi connectivity index (χ2n) is 3.01. The molecular weight excluding hydrogens is 163 g/mol. The maximum atomic E-state index is 12.6. The van der Waals surface area contributed by atoms with Gasteiger partial charge in [0.1, 0.15) is 12.0 Å². The van der Waals surface area contributed by atoms with E-state index in [0.29, 0.717) is 12.2 Å². The molecule has 0 aromatic rings. The third kappa shape index (κ3) is 2.19. The van der Waals surface area contributed by atoms with Gasteiger partial charge in [-0.1, -0.05) is 6.92 Å². The average Bonchev–Trinajstić information content (AvgIpc) is 1.96. The third-order valence-electron chi connectivity index (χ3n) is 2.04. The summed E-state index contributed by atoms with van der Waals surface area (Å²) >= 11 is 1.48. The van der Waals surface area contributed by atoms with Crippen LogP contribution in [0.5, 0.6) is 0 Å². The van der Waals surface area contributed by atoms with Gasteiger partial charge in [-0.05, 0) is 13.3 Å². The van der Waals surface area contributed by atoms with Gasteiger partial charge < -0.3 is 0 Å². The number of alkyl halides is 1. The molecule has 1 aliphatic carbocycles. The van der Waals surface area contributed by atoms with Crippen LogP contribution in [0.1, 0.15) is 26.7 Å². The van der Waals surface area contributed by atoms with E-state index in [2.05, 4.69) is 0 Å². The average molecular weight is 176 g/mol. The van der Waals surface area contributed by atoms with E-state index in [1.165, 1.54) is 11.8 Å². The van der Waals surface area contributed by atoms with Gasteiger partial charge in [0.05, 0.1) is 5.25 Å². The molecule has 1 fully saturated rings. The molecule has 0 aromatic carbocycles. The molecule has 1 saturated carbocycles. The maximum absolute atomic E-state index is 12.6. The normalized spacial score (nSPS) is 29.4. The molecule has 0 bridgehead atoms. The molecule has 0 radical (unpaired) electrons.